The summed E-state index contributed by atoms with van der Waals surface area (Å²) in [5.74, 6) is 0.327. The van der Waals surface area contributed by atoms with Crippen molar-refractivity contribution in [2.45, 2.75) is 56.0 Å². The van der Waals surface area contributed by atoms with Gasteiger partial charge in [-0.1, -0.05) is 0 Å². The predicted octanol–water partition coefficient (Wildman–Crippen LogP) is -1.28. The number of anilines is 1. The van der Waals surface area contributed by atoms with E-state index in [1.165, 1.54) is 32.8 Å². The van der Waals surface area contributed by atoms with Gasteiger partial charge in [0, 0.05) is 13.1 Å². The number of phosphoric ester groups is 1. The number of H-pyrrole nitrogens is 1. The second kappa shape index (κ2) is 12.7. The van der Waals surface area contributed by atoms with Gasteiger partial charge in [0.15, 0.2) is 35.1 Å². The molecule has 8 heterocycles. The van der Waals surface area contributed by atoms with Crippen LogP contribution < -0.4 is 11.3 Å². The quantitative estimate of drug-likeness (QED) is 0.153. The molecule has 0 saturated carbocycles. The van der Waals surface area contributed by atoms with Gasteiger partial charge < -0.3 is 40.0 Å². The average Bonchev–Trinajstić information content (AvgIpc) is 3.85. The van der Waals surface area contributed by atoms with E-state index in [1.807, 2.05) is 0 Å². The van der Waals surface area contributed by atoms with E-state index < -0.39 is 83.4 Å². The molecule has 0 radical (unpaired) electrons. The van der Waals surface area contributed by atoms with Gasteiger partial charge in [-0.2, -0.15) is 0 Å². The standard InChI is InChI=1S/C25H32N10O13P2/c1-11-31-22-15(23(38)32-11)30-10-35(22)25-19-16(36)12(45-25)6-44-50(40,41)48-18-13(7-43-49(39,47-19)33-2-4-42-5-3-33)46-24(17(18)37)34-9-29-14-20(26)27-8-28-21(14)34/h8-10,12-13,16-19,24-25,36-37H,2-7H2,1H3,(H,40,41)(H2,26,27,28)(H,31,32,38)/t12-,13-,16+,17?,18+,19?,24-,25-,49?/m1/s1. The molecule has 4 aliphatic rings. The number of aryl methyl sites for hydroxylation is 1. The summed E-state index contributed by atoms with van der Waals surface area (Å²) in [5.41, 5.74) is 5.82. The minimum absolute atomic E-state index is 0.0419. The monoisotopic (exact) mass is 742 g/mol. The van der Waals surface area contributed by atoms with Gasteiger partial charge in [0.1, 0.15) is 54.3 Å². The van der Waals surface area contributed by atoms with Crippen molar-refractivity contribution in [3.8, 4) is 0 Å². The molecular formula is C25H32N10O13P2. The van der Waals surface area contributed by atoms with Crippen LogP contribution >= 0.6 is 15.6 Å². The molecule has 4 saturated heterocycles. The second-order valence-electron chi connectivity index (χ2n) is 11.9. The molecule has 6 N–H and O–H groups in total. The molecule has 0 aromatic carbocycles. The van der Waals surface area contributed by atoms with E-state index in [2.05, 4.69) is 29.9 Å². The highest BCUT2D eigenvalue weighted by Crippen LogP contribution is 2.58. The number of fused-ring (bicyclic) bond motifs is 5. The summed E-state index contributed by atoms with van der Waals surface area (Å²) in [5, 5.41) is 22.9. The zero-order valence-corrected chi connectivity index (χ0v) is 27.9. The summed E-state index contributed by atoms with van der Waals surface area (Å²) in [6.45, 7) is 0.782. The normalized spacial score (nSPS) is 37.4. The Morgan fingerprint density at radius 3 is 2.36 bits per heavy atom. The Hall–Kier alpha value is -3.28. The van der Waals surface area contributed by atoms with Gasteiger partial charge >= 0.3 is 15.6 Å². The number of aliphatic hydroxyl groups excluding tert-OH is 2. The maximum Gasteiger partial charge on any atom is 0.472 e. The number of aromatic amines is 1. The number of nitrogen functional groups attached to an aromatic ring is 1. The number of imidazole rings is 2. The van der Waals surface area contributed by atoms with Gasteiger partial charge in [0.05, 0.1) is 39.1 Å². The van der Waals surface area contributed by atoms with Crippen LogP contribution in [0, 0.1) is 6.92 Å². The molecule has 50 heavy (non-hydrogen) atoms. The summed E-state index contributed by atoms with van der Waals surface area (Å²) < 4.78 is 72.9. The van der Waals surface area contributed by atoms with E-state index in [-0.39, 0.29) is 60.3 Å². The number of hydrogen-bond acceptors (Lipinski definition) is 18. The molecule has 10 atom stereocenters. The number of phosphoric acid groups is 1. The fraction of sp³-hybridized carbons (Fsp3) is 0.600. The number of aliphatic hydroxyl groups is 2. The third kappa shape index (κ3) is 5.87. The van der Waals surface area contributed by atoms with Crippen LogP contribution in [0.2, 0.25) is 0 Å². The summed E-state index contributed by atoms with van der Waals surface area (Å²) >= 11 is 0. The Bertz CT molecular complexity index is 2070. The topological polar surface area (TPSA) is 296 Å². The molecule has 8 rings (SSSR count). The molecule has 4 aromatic heterocycles. The zero-order chi connectivity index (χ0) is 34.9. The van der Waals surface area contributed by atoms with Gasteiger partial charge in [0.2, 0.25) is 0 Å². The lowest BCUT2D eigenvalue weighted by molar-refractivity contribution is -0.0676. The van der Waals surface area contributed by atoms with E-state index in [9.17, 15) is 29.0 Å². The fourth-order valence-electron chi connectivity index (χ4n) is 6.34. The Balaban J connectivity index is 1.17. The van der Waals surface area contributed by atoms with Crippen LogP contribution in [0.25, 0.3) is 22.3 Å². The number of aromatic nitrogens is 8. The van der Waals surface area contributed by atoms with Crippen LogP contribution in [0.4, 0.5) is 5.82 Å². The van der Waals surface area contributed by atoms with Crippen LogP contribution in [0.5, 0.6) is 0 Å². The molecule has 4 aromatic rings. The van der Waals surface area contributed by atoms with Gasteiger partial charge in [-0.15, -0.1) is 0 Å². The lowest BCUT2D eigenvalue weighted by Gasteiger charge is -2.36. The number of nitrogens with zero attached hydrogens (tertiary/aromatic N) is 8. The molecule has 4 fully saturated rings. The van der Waals surface area contributed by atoms with Crippen molar-refractivity contribution in [2.75, 3.05) is 45.3 Å². The number of nitrogens with two attached hydrogens (primary N) is 1. The van der Waals surface area contributed by atoms with Crippen LogP contribution in [0.1, 0.15) is 18.3 Å². The summed E-state index contributed by atoms with van der Waals surface area (Å²) in [6.07, 6.45) is -7.99. The van der Waals surface area contributed by atoms with Gasteiger partial charge in [0.25, 0.3) is 5.56 Å². The van der Waals surface area contributed by atoms with Crippen molar-refractivity contribution >= 4 is 43.7 Å². The number of morpholine rings is 1. The highest BCUT2D eigenvalue weighted by atomic mass is 31.2. The Labute approximate surface area is 280 Å². The molecule has 0 amide bonds. The van der Waals surface area contributed by atoms with Crippen LogP contribution in [-0.2, 0) is 41.4 Å². The van der Waals surface area contributed by atoms with E-state index in [4.69, 9.17) is 38.0 Å². The average molecular weight is 743 g/mol. The molecule has 25 heteroatoms. The highest BCUT2D eigenvalue weighted by molar-refractivity contribution is 7.51. The summed E-state index contributed by atoms with van der Waals surface area (Å²) in [6, 6.07) is 0. The minimum atomic E-state index is -5.04. The molecule has 2 bridgehead atoms. The number of hydrogen-bond donors (Lipinski definition) is 5. The molecule has 0 spiro atoms. The third-order valence-corrected chi connectivity index (χ3v) is 11.8. The van der Waals surface area contributed by atoms with Crippen LogP contribution in [0.3, 0.4) is 0 Å². The van der Waals surface area contributed by atoms with E-state index in [0.717, 1.165) is 0 Å². The number of rotatable bonds is 3. The Kier molecular flexibility index (Phi) is 8.62. The van der Waals surface area contributed by atoms with Crippen LogP contribution in [0.15, 0.2) is 23.8 Å². The van der Waals surface area contributed by atoms with Crippen molar-refractivity contribution in [2.24, 2.45) is 0 Å². The third-order valence-electron chi connectivity index (χ3n) is 8.76. The molecule has 4 aliphatic heterocycles. The summed E-state index contributed by atoms with van der Waals surface area (Å²) in [4.78, 5) is 46.7. The first-order chi connectivity index (χ1) is 23.9. The lowest BCUT2D eigenvalue weighted by atomic mass is 10.1. The predicted molar refractivity (Wildman–Crippen MR) is 164 cm³/mol. The van der Waals surface area contributed by atoms with E-state index in [1.54, 1.807) is 6.92 Å². The van der Waals surface area contributed by atoms with Gasteiger partial charge in [-0.3, -0.25) is 32.0 Å². The first-order valence-electron chi connectivity index (χ1n) is 15.4. The van der Waals surface area contributed by atoms with E-state index >= 15 is 0 Å². The molecular weight excluding hydrogens is 710 g/mol. The first-order valence-corrected chi connectivity index (χ1v) is 18.4. The Morgan fingerprint density at radius 1 is 0.880 bits per heavy atom. The second-order valence-corrected chi connectivity index (χ2v) is 15.3. The van der Waals surface area contributed by atoms with Crippen molar-refractivity contribution in [3.05, 3.63) is 35.2 Å². The Morgan fingerprint density at radius 2 is 1.58 bits per heavy atom. The lowest BCUT2D eigenvalue weighted by Crippen LogP contribution is -2.41. The smallest absolute Gasteiger partial charge is 0.387 e. The number of ether oxygens (including phenoxy) is 3. The molecule has 0 aliphatic carbocycles. The first kappa shape index (κ1) is 33.8. The maximum absolute atomic E-state index is 14.9. The number of nitrogens with one attached hydrogen (secondary N) is 1. The largest absolute Gasteiger partial charge is 0.472 e. The van der Waals surface area contributed by atoms with Crippen molar-refractivity contribution in [1.29, 1.82) is 0 Å². The van der Waals surface area contributed by atoms with Gasteiger partial charge in [-0.25, -0.2) is 38.7 Å². The van der Waals surface area contributed by atoms with Crippen molar-refractivity contribution < 1.29 is 56.5 Å². The van der Waals surface area contributed by atoms with Crippen LogP contribution in [-0.4, -0.2) is 135 Å². The van der Waals surface area contributed by atoms with Crippen molar-refractivity contribution in [3.63, 3.8) is 0 Å². The highest BCUT2D eigenvalue weighted by Gasteiger charge is 2.55. The zero-order valence-electron chi connectivity index (χ0n) is 26.1. The maximum atomic E-state index is 14.9. The molecule has 4 unspecified atom stereocenters. The van der Waals surface area contributed by atoms with Gasteiger partial charge in [-0.05, 0) is 6.92 Å². The molecule has 23 nitrogen and oxygen atoms in total. The minimum Gasteiger partial charge on any atom is -0.387 e. The molecule has 270 valence electrons. The van der Waals surface area contributed by atoms with Crippen molar-refractivity contribution in [1.82, 2.24) is 43.7 Å². The van der Waals surface area contributed by atoms with E-state index in [0.29, 0.717) is 0 Å². The fourth-order valence-corrected chi connectivity index (χ4v) is 9.18. The summed E-state index contributed by atoms with van der Waals surface area (Å²) in [7, 11) is -9.48. The SMILES string of the molecule is Cc1nc2c(ncn2[C@@H]2O[C@@H]3COP(=O)(O)O[C@@H]4C(O)[C@H](n5cnc6c(N)ncnc65)O[C@@H]4COP(=O)(N4CCOCC4)OC2[C@H]3O)c(=O)[nH]1.